The number of carboxylic acids is 1. The van der Waals surface area contributed by atoms with Crippen molar-refractivity contribution >= 4 is 53.2 Å². The smallest absolute Gasteiger partial charge is 0.326 e. The first-order valence-electron chi connectivity index (χ1n) is 17.9. The maximum atomic E-state index is 14.2. The van der Waals surface area contributed by atoms with E-state index in [1.807, 2.05) is 0 Å². The number of carbonyl (C=O) groups excluding carboxylic acids is 8. The summed E-state index contributed by atoms with van der Waals surface area (Å²) in [5.74, 6) is -8.12. The molecule has 0 radical (unpaired) electrons. The lowest BCUT2D eigenvalue weighted by molar-refractivity contribution is -0.145. The van der Waals surface area contributed by atoms with Crippen LogP contribution in [0.1, 0.15) is 50.2 Å². The second-order valence-electron chi connectivity index (χ2n) is 13.3. The topological polar surface area (TPSA) is 310 Å². The van der Waals surface area contributed by atoms with Crippen molar-refractivity contribution in [1.29, 1.82) is 0 Å². The zero-order valence-electron chi connectivity index (χ0n) is 30.8. The first-order chi connectivity index (χ1) is 26.6. The van der Waals surface area contributed by atoms with Gasteiger partial charge in [0.15, 0.2) is 0 Å². The van der Waals surface area contributed by atoms with Crippen LogP contribution in [0.2, 0.25) is 0 Å². The summed E-state index contributed by atoms with van der Waals surface area (Å²) >= 11 is 0. The quantitative estimate of drug-likeness (QED) is 0.0620. The molecule has 1 heterocycles. The summed E-state index contributed by atoms with van der Waals surface area (Å²) in [4.78, 5) is 116. The number of amides is 8. The molecular weight excluding hydrogens is 732 g/mol. The Labute approximate surface area is 322 Å². The number of nitrogens with zero attached hydrogens (tertiary/aromatic N) is 1. The van der Waals surface area contributed by atoms with Crippen LogP contribution < -0.4 is 38.1 Å². The largest absolute Gasteiger partial charge is 0.480 e. The molecule has 6 unspecified atom stereocenters. The second-order valence-corrected chi connectivity index (χ2v) is 13.3. The molecule has 0 bridgehead atoms. The normalized spacial score (nSPS) is 16.2. The number of likely N-dealkylation sites (tertiary alicyclic amines) is 1. The predicted molar refractivity (Wildman–Crippen MR) is 197 cm³/mol. The Balaban J connectivity index is 1.88. The average molecular weight is 781 g/mol. The van der Waals surface area contributed by atoms with E-state index in [0.29, 0.717) is 17.5 Å². The molecule has 2 aromatic carbocycles. The molecule has 19 heteroatoms. The van der Waals surface area contributed by atoms with Crippen LogP contribution >= 0.6 is 0 Å². The van der Waals surface area contributed by atoms with E-state index >= 15 is 0 Å². The molecule has 56 heavy (non-hydrogen) atoms. The molecule has 1 aliphatic heterocycles. The van der Waals surface area contributed by atoms with E-state index in [0.717, 1.165) is 6.92 Å². The van der Waals surface area contributed by atoms with Gasteiger partial charge in [-0.1, -0.05) is 60.7 Å². The molecule has 1 fully saturated rings. The standard InChI is InChI=1S/C37H48N8O11/c1-21(47)40-28(20-46)34(52)42-25(17-22-9-4-2-5-10-22)32(50)43-26(19-31(39)49)33(51)44-27(18-23-11-6-3-7-12-23)36(54)45-16-8-13-29(45)35(53)41-24(37(55)56)14-15-30(38)48/h2-7,9-12,24-29,46H,8,13-20H2,1H3,(H2,38,48)(H2,39,49)(H,40,47)(H,41,53)(H,42,52)(H,43,50)(H,44,51)(H,55,56). The highest BCUT2D eigenvalue weighted by atomic mass is 16.4. The molecule has 3 rings (SSSR count). The number of benzene rings is 2. The molecule has 2 aromatic rings. The van der Waals surface area contributed by atoms with Crippen molar-refractivity contribution in [3.63, 3.8) is 0 Å². The van der Waals surface area contributed by atoms with Crippen LogP contribution in [0, 0.1) is 0 Å². The maximum Gasteiger partial charge on any atom is 0.326 e. The lowest BCUT2D eigenvalue weighted by atomic mass is 10.0. The highest BCUT2D eigenvalue weighted by Gasteiger charge is 2.40. The number of aliphatic hydroxyl groups excluding tert-OH is 1. The third-order valence-corrected chi connectivity index (χ3v) is 8.86. The van der Waals surface area contributed by atoms with E-state index in [1.165, 1.54) is 4.90 Å². The minimum absolute atomic E-state index is 0.0761. The van der Waals surface area contributed by atoms with Crippen LogP contribution in [-0.4, -0.2) is 118 Å². The second kappa shape index (κ2) is 21.5. The van der Waals surface area contributed by atoms with E-state index in [-0.39, 0.29) is 38.6 Å². The number of hydrogen-bond acceptors (Lipinski definition) is 10. The van der Waals surface area contributed by atoms with Crippen molar-refractivity contribution in [2.75, 3.05) is 13.2 Å². The van der Waals surface area contributed by atoms with Gasteiger partial charge in [0.1, 0.15) is 36.3 Å². The molecule has 8 amide bonds. The molecular formula is C37H48N8O11. The van der Waals surface area contributed by atoms with Crippen molar-refractivity contribution in [2.24, 2.45) is 11.5 Å². The number of nitrogens with one attached hydrogen (secondary N) is 5. The Kier molecular flexibility index (Phi) is 16.9. The van der Waals surface area contributed by atoms with Gasteiger partial charge in [-0.2, -0.15) is 0 Å². The summed E-state index contributed by atoms with van der Waals surface area (Å²) in [7, 11) is 0. The van der Waals surface area contributed by atoms with Crippen molar-refractivity contribution in [3.8, 4) is 0 Å². The molecule has 6 atom stereocenters. The zero-order chi connectivity index (χ0) is 41.4. The van der Waals surface area contributed by atoms with Crippen LogP contribution in [-0.2, 0) is 56.0 Å². The van der Waals surface area contributed by atoms with E-state index in [2.05, 4.69) is 26.6 Å². The first kappa shape index (κ1) is 44.0. The summed E-state index contributed by atoms with van der Waals surface area (Å²) in [6, 6.07) is 8.57. The SMILES string of the molecule is CC(=O)NC(CO)C(=O)NC(Cc1ccccc1)C(=O)NC(CC(N)=O)C(=O)NC(Cc1ccccc1)C(=O)N1CCCC1C(=O)NC(CCC(N)=O)C(=O)O. The highest BCUT2D eigenvalue weighted by Crippen LogP contribution is 2.21. The fourth-order valence-corrected chi connectivity index (χ4v) is 6.09. The number of aliphatic hydroxyl groups is 1. The van der Waals surface area contributed by atoms with Crippen LogP contribution in [0.25, 0.3) is 0 Å². The third kappa shape index (κ3) is 13.8. The summed E-state index contributed by atoms with van der Waals surface area (Å²) in [5.41, 5.74) is 11.8. The molecule has 0 saturated carbocycles. The lowest BCUT2D eigenvalue weighted by Crippen LogP contribution is -2.60. The van der Waals surface area contributed by atoms with Crippen LogP contribution in [0.4, 0.5) is 0 Å². The van der Waals surface area contributed by atoms with Gasteiger partial charge in [0.05, 0.1) is 13.0 Å². The fraction of sp³-hybridized carbons (Fsp3) is 0.432. The third-order valence-electron chi connectivity index (χ3n) is 8.86. The summed E-state index contributed by atoms with van der Waals surface area (Å²) in [6.07, 6.45) is -0.981. The number of carbonyl (C=O) groups is 9. The minimum atomic E-state index is -1.66. The minimum Gasteiger partial charge on any atom is -0.480 e. The Morgan fingerprint density at radius 3 is 1.73 bits per heavy atom. The van der Waals surface area contributed by atoms with Crippen LogP contribution in [0.5, 0.6) is 0 Å². The lowest BCUT2D eigenvalue weighted by Gasteiger charge is -2.30. The Bertz CT molecular complexity index is 1740. The van der Waals surface area contributed by atoms with Gasteiger partial charge in [-0.15, -0.1) is 0 Å². The van der Waals surface area contributed by atoms with E-state index < -0.39 is 103 Å². The maximum absolute atomic E-state index is 14.2. The van der Waals surface area contributed by atoms with Crippen molar-refractivity contribution in [3.05, 3.63) is 71.8 Å². The van der Waals surface area contributed by atoms with Crippen molar-refractivity contribution in [2.45, 2.75) is 88.1 Å². The molecule has 0 spiro atoms. The molecule has 11 N–H and O–H groups in total. The molecule has 302 valence electrons. The Morgan fingerprint density at radius 1 is 0.696 bits per heavy atom. The number of primary amides is 2. The number of rotatable bonds is 21. The van der Waals surface area contributed by atoms with Crippen LogP contribution in [0.3, 0.4) is 0 Å². The summed E-state index contributed by atoms with van der Waals surface area (Å²) < 4.78 is 0. The summed E-state index contributed by atoms with van der Waals surface area (Å²) in [5, 5.41) is 31.4. The van der Waals surface area contributed by atoms with E-state index in [1.54, 1.807) is 60.7 Å². The number of carboxylic acid groups (broad SMARTS) is 1. The molecule has 0 aromatic heterocycles. The first-order valence-corrected chi connectivity index (χ1v) is 17.9. The van der Waals surface area contributed by atoms with Crippen molar-refractivity contribution in [1.82, 2.24) is 31.5 Å². The number of aliphatic carboxylic acids is 1. The van der Waals surface area contributed by atoms with Crippen LogP contribution in [0.15, 0.2) is 60.7 Å². The van der Waals surface area contributed by atoms with E-state index in [9.17, 15) is 53.4 Å². The zero-order valence-corrected chi connectivity index (χ0v) is 30.8. The van der Waals surface area contributed by atoms with Gasteiger partial charge < -0.3 is 53.2 Å². The highest BCUT2D eigenvalue weighted by molar-refractivity contribution is 5.98. The van der Waals surface area contributed by atoms with Gasteiger partial charge in [-0.05, 0) is 30.4 Å². The van der Waals surface area contributed by atoms with Gasteiger partial charge >= 0.3 is 5.97 Å². The Morgan fingerprint density at radius 2 is 1.21 bits per heavy atom. The predicted octanol–water partition coefficient (Wildman–Crippen LogP) is -2.88. The van der Waals surface area contributed by atoms with Gasteiger partial charge in [0.25, 0.3) is 0 Å². The molecule has 0 aliphatic carbocycles. The number of hydrogen-bond donors (Lipinski definition) is 9. The molecule has 1 saturated heterocycles. The molecule has 1 aliphatic rings. The molecule has 19 nitrogen and oxygen atoms in total. The van der Waals surface area contributed by atoms with Crippen molar-refractivity contribution < 1.29 is 53.4 Å². The number of nitrogens with two attached hydrogens (primary N) is 2. The van der Waals surface area contributed by atoms with Gasteiger partial charge in [-0.3, -0.25) is 38.4 Å². The van der Waals surface area contributed by atoms with Gasteiger partial charge in [-0.25, -0.2) is 4.79 Å². The van der Waals surface area contributed by atoms with Gasteiger partial charge in [0, 0.05) is 32.7 Å². The average Bonchev–Trinajstić information content (AvgIpc) is 3.65. The monoisotopic (exact) mass is 780 g/mol. The fourth-order valence-electron chi connectivity index (χ4n) is 6.09. The van der Waals surface area contributed by atoms with Gasteiger partial charge in [0.2, 0.25) is 47.3 Å². The Hall–Kier alpha value is -6.37. The van der Waals surface area contributed by atoms with E-state index in [4.69, 9.17) is 11.5 Å². The summed E-state index contributed by atoms with van der Waals surface area (Å²) in [6.45, 7) is 0.422.